The van der Waals surface area contributed by atoms with E-state index in [0.717, 1.165) is 11.0 Å². The lowest BCUT2D eigenvalue weighted by Gasteiger charge is -2.32. The largest absolute Gasteiger partial charge is 0.495 e. The summed E-state index contributed by atoms with van der Waals surface area (Å²) >= 11 is 0. The van der Waals surface area contributed by atoms with Crippen molar-refractivity contribution in [2.24, 2.45) is 5.92 Å². The molecule has 0 aromatic heterocycles. The van der Waals surface area contributed by atoms with Gasteiger partial charge in [0.25, 0.3) is 5.92 Å². The van der Waals surface area contributed by atoms with Gasteiger partial charge < -0.3 is 14.6 Å². The standard InChI is InChI=1S/C17H22BF2NO3/c1-10-6-7-11(21-14(22)12-9-17(12,19)20)8-13(10)18-23-15(2,3)16(4,5)24-18/h6-8,12H,9H2,1-5H3,(H,21,22)/t12-/m0/s1. The predicted molar refractivity (Wildman–Crippen MR) is 88.6 cm³/mol. The first-order valence-electron chi connectivity index (χ1n) is 8.08. The number of nitrogens with one attached hydrogen (secondary N) is 1. The fourth-order valence-corrected chi connectivity index (χ4v) is 2.67. The predicted octanol–water partition coefficient (Wildman–Crippen LogP) is 2.89. The van der Waals surface area contributed by atoms with Gasteiger partial charge in [0.1, 0.15) is 5.92 Å². The number of halogens is 2. The molecular weight excluding hydrogens is 315 g/mol. The minimum absolute atomic E-state index is 0.380. The van der Waals surface area contributed by atoms with Crippen molar-refractivity contribution in [3.05, 3.63) is 23.8 Å². The van der Waals surface area contributed by atoms with Crippen LogP contribution in [0.5, 0.6) is 0 Å². The van der Waals surface area contributed by atoms with Crippen LogP contribution >= 0.6 is 0 Å². The number of benzene rings is 1. The molecule has 130 valence electrons. The normalized spacial score (nSPS) is 26.3. The van der Waals surface area contributed by atoms with Gasteiger partial charge in [0.05, 0.1) is 11.2 Å². The number of hydrogen-bond donors (Lipinski definition) is 1. The van der Waals surface area contributed by atoms with Crippen LogP contribution in [0.1, 0.15) is 39.7 Å². The second-order valence-corrected chi connectivity index (χ2v) is 7.67. The molecular formula is C17H22BF2NO3. The number of anilines is 1. The molecule has 3 rings (SSSR count). The molecule has 7 heteroatoms. The molecule has 0 radical (unpaired) electrons. The summed E-state index contributed by atoms with van der Waals surface area (Å²) in [7, 11) is -0.561. The summed E-state index contributed by atoms with van der Waals surface area (Å²) in [5.74, 6) is -4.74. The number of amides is 1. The lowest BCUT2D eigenvalue weighted by atomic mass is 9.76. The fourth-order valence-electron chi connectivity index (χ4n) is 2.67. The minimum Gasteiger partial charge on any atom is -0.399 e. The lowest BCUT2D eigenvalue weighted by Crippen LogP contribution is -2.41. The third kappa shape index (κ3) is 2.95. The highest BCUT2D eigenvalue weighted by atomic mass is 19.3. The zero-order valence-corrected chi connectivity index (χ0v) is 14.6. The van der Waals surface area contributed by atoms with E-state index in [1.807, 2.05) is 40.7 Å². The highest BCUT2D eigenvalue weighted by Gasteiger charge is 2.61. The van der Waals surface area contributed by atoms with Crippen LogP contribution in [0.3, 0.4) is 0 Å². The summed E-state index contributed by atoms with van der Waals surface area (Å²) in [4.78, 5) is 11.9. The van der Waals surface area contributed by atoms with Gasteiger partial charge in [-0.25, -0.2) is 8.78 Å². The van der Waals surface area contributed by atoms with Gasteiger partial charge in [0, 0.05) is 12.1 Å². The first kappa shape index (κ1) is 17.4. The van der Waals surface area contributed by atoms with Gasteiger partial charge in [0.2, 0.25) is 5.91 Å². The smallest absolute Gasteiger partial charge is 0.399 e. The molecule has 1 saturated carbocycles. The van der Waals surface area contributed by atoms with Crippen molar-refractivity contribution in [3.63, 3.8) is 0 Å². The van der Waals surface area contributed by atoms with Crippen molar-refractivity contribution in [2.45, 2.75) is 58.2 Å². The van der Waals surface area contributed by atoms with Gasteiger partial charge in [-0.05, 0) is 52.2 Å². The molecule has 2 aliphatic rings. The van der Waals surface area contributed by atoms with Crippen molar-refractivity contribution in [2.75, 3.05) is 5.32 Å². The monoisotopic (exact) mass is 337 g/mol. The number of carbonyl (C=O) groups is 1. The third-order valence-electron chi connectivity index (χ3n) is 5.20. The first-order valence-corrected chi connectivity index (χ1v) is 8.08. The number of hydrogen-bond acceptors (Lipinski definition) is 3. The Bertz CT molecular complexity index is 674. The van der Waals surface area contributed by atoms with Crippen molar-refractivity contribution >= 4 is 24.2 Å². The number of aryl methyl sites for hydroxylation is 1. The van der Waals surface area contributed by atoms with Crippen molar-refractivity contribution in [3.8, 4) is 0 Å². The summed E-state index contributed by atoms with van der Waals surface area (Å²) in [5.41, 5.74) is 1.26. The van der Waals surface area contributed by atoms with Crippen LogP contribution in [0, 0.1) is 12.8 Å². The Balaban J connectivity index is 1.79. The molecule has 1 aromatic carbocycles. The van der Waals surface area contributed by atoms with E-state index in [4.69, 9.17) is 9.31 Å². The van der Waals surface area contributed by atoms with Crippen LogP contribution in [0.4, 0.5) is 14.5 Å². The molecule has 4 nitrogen and oxygen atoms in total. The van der Waals surface area contributed by atoms with Crippen molar-refractivity contribution in [1.82, 2.24) is 0 Å². The number of carbonyl (C=O) groups excluding carboxylic acids is 1. The van der Waals surface area contributed by atoms with Crippen molar-refractivity contribution in [1.29, 1.82) is 0 Å². The van der Waals surface area contributed by atoms with Gasteiger partial charge >= 0.3 is 7.12 Å². The Morgan fingerprint density at radius 2 is 1.75 bits per heavy atom. The van der Waals surface area contributed by atoms with E-state index in [9.17, 15) is 13.6 Å². The molecule has 1 amide bonds. The zero-order chi connectivity index (χ0) is 17.9. The van der Waals surface area contributed by atoms with Crippen LogP contribution in [0.25, 0.3) is 0 Å². The molecule has 0 bridgehead atoms. The Labute approximate surface area is 141 Å². The summed E-state index contributed by atoms with van der Waals surface area (Å²) in [6, 6.07) is 5.25. The maximum Gasteiger partial charge on any atom is 0.495 e. The third-order valence-corrected chi connectivity index (χ3v) is 5.20. The Morgan fingerprint density at radius 1 is 1.21 bits per heavy atom. The second-order valence-electron chi connectivity index (χ2n) is 7.67. The highest BCUT2D eigenvalue weighted by molar-refractivity contribution is 6.62. The molecule has 1 saturated heterocycles. The molecule has 1 heterocycles. The maximum atomic E-state index is 13.0. The van der Waals surface area contributed by atoms with Gasteiger partial charge in [-0.15, -0.1) is 0 Å². The zero-order valence-electron chi connectivity index (χ0n) is 14.6. The Kier molecular flexibility index (Phi) is 3.81. The molecule has 2 fully saturated rings. The quantitative estimate of drug-likeness (QED) is 0.863. The Morgan fingerprint density at radius 3 is 2.25 bits per heavy atom. The summed E-state index contributed by atoms with van der Waals surface area (Å²) in [6.07, 6.45) is -0.380. The van der Waals surface area contributed by atoms with Gasteiger partial charge in [-0.3, -0.25) is 4.79 Å². The van der Waals surface area contributed by atoms with E-state index in [1.165, 1.54) is 0 Å². The number of rotatable bonds is 3. The van der Waals surface area contributed by atoms with Gasteiger partial charge in [-0.1, -0.05) is 11.6 Å². The second kappa shape index (κ2) is 5.26. The molecule has 24 heavy (non-hydrogen) atoms. The molecule has 1 aromatic rings. The van der Waals surface area contributed by atoms with E-state index in [2.05, 4.69) is 5.32 Å². The number of alkyl halides is 2. The molecule has 1 N–H and O–H groups in total. The van der Waals surface area contributed by atoms with Crippen LogP contribution in [0.15, 0.2) is 18.2 Å². The topological polar surface area (TPSA) is 47.6 Å². The van der Waals surface area contributed by atoms with E-state index < -0.39 is 36.1 Å². The molecule has 0 unspecified atom stereocenters. The molecule has 1 atom stereocenters. The van der Waals surface area contributed by atoms with E-state index in [0.29, 0.717) is 5.69 Å². The van der Waals surface area contributed by atoms with Gasteiger partial charge in [0.15, 0.2) is 0 Å². The maximum absolute atomic E-state index is 13.0. The van der Waals surface area contributed by atoms with Crippen molar-refractivity contribution < 1.29 is 22.9 Å². The fraction of sp³-hybridized carbons (Fsp3) is 0.588. The van der Waals surface area contributed by atoms with Gasteiger partial charge in [-0.2, -0.15) is 0 Å². The van der Waals surface area contributed by atoms with Crippen LogP contribution in [-0.4, -0.2) is 30.2 Å². The van der Waals surface area contributed by atoms with Crippen LogP contribution in [0.2, 0.25) is 0 Å². The molecule has 0 spiro atoms. The summed E-state index contributed by atoms with van der Waals surface area (Å²) < 4.78 is 38.1. The average molecular weight is 337 g/mol. The van der Waals surface area contributed by atoms with Crippen LogP contribution in [-0.2, 0) is 14.1 Å². The molecule has 1 aliphatic heterocycles. The van der Waals surface area contributed by atoms with E-state index in [-0.39, 0.29) is 6.42 Å². The first-order chi connectivity index (χ1) is 10.9. The minimum atomic E-state index is -2.87. The van der Waals surface area contributed by atoms with Crippen LogP contribution < -0.4 is 10.8 Å². The van der Waals surface area contributed by atoms with E-state index in [1.54, 1.807) is 12.1 Å². The van der Waals surface area contributed by atoms with E-state index >= 15 is 0 Å². The molecule has 1 aliphatic carbocycles. The highest BCUT2D eigenvalue weighted by Crippen LogP contribution is 2.49. The SMILES string of the molecule is Cc1ccc(NC(=O)[C@@H]2CC2(F)F)cc1B1OC(C)(C)C(C)(C)O1. The Hall–Kier alpha value is -1.47. The lowest BCUT2D eigenvalue weighted by molar-refractivity contribution is -0.119. The summed E-state index contributed by atoms with van der Waals surface area (Å²) in [6.45, 7) is 9.76. The summed E-state index contributed by atoms with van der Waals surface area (Å²) in [5, 5.41) is 2.56. The average Bonchev–Trinajstić information content (AvgIpc) is 3.01.